The summed E-state index contributed by atoms with van der Waals surface area (Å²) >= 11 is 2.53. The Hall–Kier alpha value is -3.33. The lowest BCUT2D eigenvalue weighted by molar-refractivity contribution is -0.113. The summed E-state index contributed by atoms with van der Waals surface area (Å²) in [4.78, 5) is 17.4. The van der Waals surface area contributed by atoms with Gasteiger partial charge in [0, 0.05) is 16.1 Å². The van der Waals surface area contributed by atoms with E-state index in [9.17, 15) is 15.3 Å². The molecule has 3 aromatic rings. The van der Waals surface area contributed by atoms with Crippen LogP contribution in [0, 0.1) is 36.5 Å². The number of thiophene rings is 1. The number of hydrogen-bond acceptors (Lipinski definition) is 7. The molecule has 8 heteroatoms. The van der Waals surface area contributed by atoms with Gasteiger partial charge in [-0.1, -0.05) is 35.5 Å². The van der Waals surface area contributed by atoms with Gasteiger partial charge in [-0.05, 0) is 36.9 Å². The smallest absolute Gasteiger partial charge is 0.234 e. The van der Waals surface area contributed by atoms with Gasteiger partial charge in [-0.2, -0.15) is 10.5 Å². The van der Waals surface area contributed by atoms with Crippen molar-refractivity contribution in [3.63, 3.8) is 0 Å². The van der Waals surface area contributed by atoms with E-state index in [1.54, 1.807) is 0 Å². The van der Waals surface area contributed by atoms with E-state index in [4.69, 9.17) is 5.73 Å². The summed E-state index contributed by atoms with van der Waals surface area (Å²) in [5.41, 5.74) is 9.70. The summed E-state index contributed by atoms with van der Waals surface area (Å²) in [6, 6.07) is 13.6. The highest BCUT2D eigenvalue weighted by molar-refractivity contribution is 8.00. The van der Waals surface area contributed by atoms with Gasteiger partial charge in [0.2, 0.25) is 5.91 Å². The molecule has 0 radical (unpaired) electrons. The molecule has 144 valence electrons. The van der Waals surface area contributed by atoms with Crippen LogP contribution in [-0.2, 0) is 4.79 Å². The first-order valence-electron chi connectivity index (χ1n) is 8.62. The van der Waals surface area contributed by atoms with Crippen molar-refractivity contribution < 1.29 is 4.79 Å². The van der Waals surface area contributed by atoms with Crippen molar-refractivity contribution in [1.29, 1.82) is 10.5 Å². The van der Waals surface area contributed by atoms with Gasteiger partial charge in [-0.3, -0.25) is 4.79 Å². The van der Waals surface area contributed by atoms with Gasteiger partial charge >= 0.3 is 0 Å². The van der Waals surface area contributed by atoms with E-state index in [2.05, 4.69) is 16.4 Å². The Kier molecular flexibility index (Phi) is 6.18. The van der Waals surface area contributed by atoms with E-state index < -0.39 is 0 Å². The van der Waals surface area contributed by atoms with Gasteiger partial charge in [-0.15, -0.1) is 11.3 Å². The summed E-state index contributed by atoms with van der Waals surface area (Å²) < 4.78 is 0. The first kappa shape index (κ1) is 20.4. The van der Waals surface area contributed by atoms with E-state index in [1.165, 1.54) is 11.3 Å². The number of nitrogen functional groups attached to an aromatic ring is 1. The summed E-state index contributed by atoms with van der Waals surface area (Å²) in [7, 11) is 0. The molecule has 0 aliphatic heterocycles. The molecule has 3 rings (SSSR count). The standard InChI is InChI=1S/C21H17N5OS2/c1-12-5-6-16(13(2)8-12)25-18(27)11-29-21-15(10-23)19(17-4-3-7-28-17)14(9-22)20(24)26-21/h3-8H,11H2,1-2H3,(H2,24,26)(H,25,27). The van der Waals surface area contributed by atoms with Crippen LogP contribution in [0.1, 0.15) is 22.3 Å². The number of hydrogen-bond donors (Lipinski definition) is 2. The lowest BCUT2D eigenvalue weighted by atomic mass is 10.0. The van der Waals surface area contributed by atoms with Crippen LogP contribution in [0.5, 0.6) is 0 Å². The number of thioether (sulfide) groups is 1. The van der Waals surface area contributed by atoms with Crippen molar-refractivity contribution in [3.05, 3.63) is 58.0 Å². The fraction of sp³-hybridized carbons (Fsp3) is 0.143. The van der Waals surface area contributed by atoms with Crippen LogP contribution in [0.15, 0.2) is 40.7 Å². The number of aryl methyl sites for hydroxylation is 2. The maximum Gasteiger partial charge on any atom is 0.234 e. The Balaban J connectivity index is 1.87. The molecule has 2 heterocycles. The molecule has 0 aliphatic carbocycles. The monoisotopic (exact) mass is 419 g/mol. The van der Waals surface area contributed by atoms with Gasteiger partial charge in [0.25, 0.3) is 0 Å². The number of carbonyl (C=O) groups excluding carboxylic acids is 1. The minimum Gasteiger partial charge on any atom is -0.383 e. The van der Waals surface area contributed by atoms with Crippen molar-refractivity contribution in [2.75, 3.05) is 16.8 Å². The van der Waals surface area contributed by atoms with E-state index in [0.29, 0.717) is 10.6 Å². The summed E-state index contributed by atoms with van der Waals surface area (Å²) in [5, 5.41) is 24.3. The number of nitrogens with zero attached hydrogens (tertiary/aromatic N) is 3. The third kappa shape index (κ3) is 4.40. The predicted octanol–water partition coefficient (Wildman–Crippen LogP) is 4.48. The first-order valence-corrected chi connectivity index (χ1v) is 10.5. The van der Waals surface area contributed by atoms with Crippen molar-refractivity contribution >= 4 is 40.5 Å². The summed E-state index contributed by atoms with van der Waals surface area (Å²) in [6.07, 6.45) is 0. The zero-order valence-corrected chi connectivity index (χ0v) is 17.4. The van der Waals surface area contributed by atoms with Crippen LogP contribution in [-0.4, -0.2) is 16.6 Å². The molecule has 1 aromatic carbocycles. The third-order valence-corrected chi connectivity index (χ3v) is 6.04. The van der Waals surface area contributed by atoms with Gasteiger partial charge in [0.15, 0.2) is 0 Å². The first-order chi connectivity index (χ1) is 13.9. The van der Waals surface area contributed by atoms with Gasteiger partial charge in [0.1, 0.15) is 28.5 Å². The van der Waals surface area contributed by atoms with Crippen LogP contribution >= 0.6 is 23.1 Å². The number of anilines is 2. The second-order valence-electron chi connectivity index (χ2n) is 6.28. The molecule has 3 N–H and O–H groups in total. The number of nitrogens with two attached hydrogens (primary N) is 1. The molecule has 0 unspecified atom stereocenters. The number of pyridine rings is 1. The molecule has 0 saturated heterocycles. The highest BCUT2D eigenvalue weighted by Gasteiger charge is 2.21. The van der Waals surface area contributed by atoms with Crippen LogP contribution in [0.3, 0.4) is 0 Å². The molecular formula is C21H17N5OS2. The number of nitrogens with one attached hydrogen (secondary N) is 1. The van der Waals surface area contributed by atoms with E-state index >= 15 is 0 Å². The largest absolute Gasteiger partial charge is 0.383 e. The fourth-order valence-electron chi connectivity index (χ4n) is 2.84. The number of benzene rings is 1. The average Bonchev–Trinajstić information content (AvgIpc) is 3.22. The van der Waals surface area contributed by atoms with Crippen LogP contribution < -0.4 is 11.1 Å². The van der Waals surface area contributed by atoms with Crippen LogP contribution in [0.4, 0.5) is 11.5 Å². The SMILES string of the molecule is Cc1ccc(NC(=O)CSc2nc(N)c(C#N)c(-c3cccs3)c2C#N)c(C)c1. The topological polar surface area (TPSA) is 116 Å². The number of carbonyl (C=O) groups is 1. The Labute approximate surface area is 177 Å². The van der Waals surface area contributed by atoms with Crippen molar-refractivity contribution in [1.82, 2.24) is 4.98 Å². The second-order valence-corrected chi connectivity index (χ2v) is 8.20. The minimum absolute atomic E-state index is 0.0483. The maximum atomic E-state index is 12.4. The number of aromatic nitrogens is 1. The van der Waals surface area contributed by atoms with E-state index in [-0.39, 0.29) is 28.6 Å². The average molecular weight is 420 g/mol. The molecule has 0 atom stereocenters. The Bertz CT molecular complexity index is 1160. The van der Waals surface area contributed by atoms with Crippen molar-refractivity contribution in [3.8, 4) is 22.6 Å². The van der Waals surface area contributed by atoms with E-state index in [0.717, 1.165) is 33.5 Å². The van der Waals surface area contributed by atoms with Crippen molar-refractivity contribution in [2.24, 2.45) is 0 Å². The Morgan fingerprint density at radius 3 is 2.62 bits per heavy atom. The molecule has 0 fully saturated rings. The summed E-state index contributed by atoms with van der Waals surface area (Å²) in [5.74, 6) is -0.107. The molecule has 6 nitrogen and oxygen atoms in total. The van der Waals surface area contributed by atoms with Crippen LogP contribution in [0.2, 0.25) is 0 Å². The molecule has 0 saturated carbocycles. The second kappa shape index (κ2) is 8.78. The molecular weight excluding hydrogens is 402 g/mol. The Morgan fingerprint density at radius 1 is 1.24 bits per heavy atom. The number of amides is 1. The highest BCUT2D eigenvalue weighted by atomic mass is 32.2. The van der Waals surface area contributed by atoms with Crippen molar-refractivity contribution in [2.45, 2.75) is 18.9 Å². The number of rotatable bonds is 5. The summed E-state index contributed by atoms with van der Waals surface area (Å²) in [6.45, 7) is 3.92. The fourth-order valence-corrected chi connectivity index (χ4v) is 4.42. The minimum atomic E-state index is -0.215. The normalized spacial score (nSPS) is 10.2. The number of nitriles is 2. The van der Waals surface area contributed by atoms with Crippen LogP contribution in [0.25, 0.3) is 10.4 Å². The van der Waals surface area contributed by atoms with E-state index in [1.807, 2.05) is 55.6 Å². The quantitative estimate of drug-likeness (QED) is 0.589. The molecule has 29 heavy (non-hydrogen) atoms. The molecule has 0 bridgehead atoms. The molecule has 0 spiro atoms. The third-order valence-electron chi connectivity index (χ3n) is 4.18. The lowest BCUT2D eigenvalue weighted by Gasteiger charge is -2.12. The highest BCUT2D eigenvalue weighted by Crippen LogP contribution is 2.37. The lowest BCUT2D eigenvalue weighted by Crippen LogP contribution is -2.15. The van der Waals surface area contributed by atoms with Gasteiger partial charge < -0.3 is 11.1 Å². The zero-order chi connectivity index (χ0) is 21.0. The maximum absolute atomic E-state index is 12.4. The zero-order valence-electron chi connectivity index (χ0n) is 15.8. The molecule has 1 amide bonds. The molecule has 0 aliphatic rings. The predicted molar refractivity (Wildman–Crippen MR) is 117 cm³/mol. The van der Waals surface area contributed by atoms with Gasteiger partial charge in [-0.25, -0.2) is 4.98 Å². The Morgan fingerprint density at radius 2 is 2.00 bits per heavy atom. The molecule has 2 aromatic heterocycles. The van der Waals surface area contributed by atoms with Gasteiger partial charge in [0.05, 0.1) is 11.3 Å².